The lowest BCUT2D eigenvalue weighted by Crippen LogP contribution is -2.16. The van der Waals surface area contributed by atoms with E-state index in [9.17, 15) is 0 Å². The number of fused-ring (bicyclic) bond motifs is 4. The Hall–Kier alpha value is -1.09. The van der Waals surface area contributed by atoms with Crippen LogP contribution in [0.4, 0.5) is 0 Å². The van der Waals surface area contributed by atoms with Gasteiger partial charge in [-0.3, -0.25) is 0 Å². The summed E-state index contributed by atoms with van der Waals surface area (Å²) in [5.41, 5.74) is 4.34. The van der Waals surface area contributed by atoms with Crippen LogP contribution in [0, 0.1) is 0 Å². The third kappa shape index (κ3) is 1.04. The first-order chi connectivity index (χ1) is 7.78. The highest BCUT2D eigenvalue weighted by Crippen LogP contribution is 2.57. The average Bonchev–Trinajstić information content (AvgIpc) is 2.88. The molecule has 0 amide bonds. The predicted octanol–water partition coefficient (Wildman–Crippen LogP) is 3.69. The van der Waals surface area contributed by atoms with Gasteiger partial charge in [-0.15, -0.1) is 0 Å². The Morgan fingerprint density at radius 2 is 2.19 bits per heavy atom. The molecule has 1 spiro atoms. The van der Waals surface area contributed by atoms with E-state index in [1.165, 1.54) is 29.5 Å². The molecule has 0 N–H and O–H groups in total. The lowest BCUT2D eigenvalue weighted by atomic mass is 9.80. The predicted molar refractivity (Wildman–Crippen MR) is 64.3 cm³/mol. The van der Waals surface area contributed by atoms with E-state index in [4.69, 9.17) is 4.52 Å². The van der Waals surface area contributed by atoms with Gasteiger partial charge < -0.3 is 4.52 Å². The maximum absolute atomic E-state index is 5.39. The lowest BCUT2D eigenvalue weighted by Gasteiger charge is -2.23. The van der Waals surface area contributed by atoms with E-state index in [1.54, 1.807) is 0 Å². The summed E-state index contributed by atoms with van der Waals surface area (Å²) >= 11 is 3.53. The summed E-state index contributed by atoms with van der Waals surface area (Å²) in [5, 5.41) is 3.94. The smallest absolute Gasteiger partial charge is 0.170 e. The van der Waals surface area contributed by atoms with Gasteiger partial charge in [-0.2, -0.15) is 0 Å². The van der Waals surface area contributed by atoms with Crippen LogP contribution in [0.15, 0.2) is 33.4 Å². The van der Waals surface area contributed by atoms with Gasteiger partial charge in [0.15, 0.2) is 5.76 Å². The van der Waals surface area contributed by atoms with Crippen molar-refractivity contribution in [3.8, 4) is 11.3 Å². The van der Waals surface area contributed by atoms with E-state index in [-0.39, 0.29) is 0 Å². The minimum atomic E-state index is 0.397. The van der Waals surface area contributed by atoms with Crippen molar-refractivity contribution in [3.05, 3.63) is 40.0 Å². The number of halogens is 1. The van der Waals surface area contributed by atoms with Crippen molar-refractivity contribution >= 4 is 15.9 Å². The van der Waals surface area contributed by atoms with Gasteiger partial charge in [0, 0.05) is 21.0 Å². The van der Waals surface area contributed by atoms with Crippen LogP contribution in [0.2, 0.25) is 0 Å². The molecule has 1 saturated carbocycles. The fourth-order valence-corrected chi connectivity index (χ4v) is 3.19. The molecule has 0 saturated heterocycles. The second-order valence-electron chi connectivity index (χ2n) is 4.83. The molecule has 0 radical (unpaired) electrons. The topological polar surface area (TPSA) is 26.0 Å². The first kappa shape index (κ1) is 8.99. The van der Waals surface area contributed by atoms with E-state index in [1.807, 2.05) is 6.20 Å². The molecule has 0 unspecified atom stereocenters. The van der Waals surface area contributed by atoms with E-state index < -0.39 is 0 Å². The van der Waals surface area contributed by atoms with E-state index in [0.717, 1.165) is 16.7 Å². The van der Waals surface area contributed by atoms with Gasteiger partial charge >= 0.3 is 0 Å². The molecule has 4 rings (SSSR count). The molecule has 3 heteroatoms. The van der Waals surface area contributed by atoms with E-state index >= 15 is 0 Å². The number of aromatic nitrogens is 1. The molecule has 2 aromatic rings. The SMILES string of the molecule is Brc1ccc2c(c1)-c1oncc1CC21CC1. The van der Waals surface area contributed by atoms with Crippen molar-refractivity contribution in [1.82, 2.24) is 5.16 Å². The quantitative estimate of drug-likeness (QED) is 0.733. The molecule has 1 heterocycles. The second kappa shape index (κ2) is 2.77. The minimum Gasteiger partial charge on any atom is -0.356 e. The van der Waals surface area contributed by atoms with Gasteiger partial charge in [-0.1, -0.05) is 27.2 Å². The standard InChI is InChI=1S/C13H10BrNO/c14-9-1-2-11-10(5-9)12-8(7-15-16-12)6-13(11)3-4-13/h1-2,5,7H,3-4,6H2. The number of nitrogens with zero attached hydrogens (tertiary/aromatic N) is 1. The lowest BCUT2D eigenvalue weighted by molar-refractivity contribution is 0.428. The maximum atomic E-state index is 5.39. The van der Waals surface area contributed by atoms with Crippen molar-refractivity contribution in [1.29, 1.82) is 0 Å². The number of hydrogen-bond donors (Lipinski definition) is 0. The zero-order valence-corrected chi connectivity index (χ0v) is 10.3. The summed E-state index contributed by atoms with van der Waals surface area (Å²) in [7, 11) is 0. The first-order valence-electron chi connectivity index (χ1n) is 5.52. The number of hydrogen-bond acceptors (Lipinski definition) is 2. The van der Waals surface area contributed by atoms with E-state index in [0.29, 0.717) is 5.41 Å². The summed E-state index contributed by atoms with van der Waals surface area (Å²) in [6.07, 6.45) is 5.57. The largest absolute Gasteiger partial charge is 0.356 e. The van der Waals surface area contributed by atoms with Gasteiger partial charge in [-0.25, -0.2) is 0 Å². The minimum absolute atomic E-state index is 0.397. The first-order valence-corrected chi connectivity index (χ1v) is 6.32. The molecule has 16 heavy (non-hydrogen) atoms. The van der Waals surface area contributed by atoms with Crippen LogP contribution in [-0.2, 0) is 11.8 Å². The molecule has 0 bridgehead atoms. The van der Waals surface area contributed by atoms with Crippen molar-refractivity contribution in [3.63, 3.8) is 0 Å². The average molecular weight is 276 g/mol. The fraction of sp³-hybridized carbons (Fsp3) is 0.308. The third-order valence-corrected chi connectivity index (χ3v) is 4.32. The van der Waals surface area contributed by atoms with Crippen molar-refractivity contribution in [2.24, 2.45) is 0 Å². The number of rotatable bonds is 0. The van der Waals surface area contributed by atoms with Gasteiger partial charge in [0.1, 0.15) is 0 Å². The zero-order valence-electron chi connectivity index (χ0n) is 8.66. The molecule has 2 aliphatic carbocycles. The number of benzene rings is 1. The summed E-state index contributed by atoms with van der Waals surface area (Å²) in [4.78, 5) is 0. The van der Waals surface area contributed by atoms with Crippen molar-refractivity contribution in [2.75, 3.05) is 0 Å². The van der Waals surface area contributed by atoms with Crippen LogP contribution in [0.3, 0.4) is 0 Å². The normalized spacial score (nSPS) is 19.3. The van der Waals surface area contributed by atoms with Crippen LogP contribution >= 0.6 is 15.9 Å². The molecule has 1 aromatic carbocycles. The van der Waals surface area contributed by atoms with E-state index in [2.05, 4.69) is 39.3 Å². The van der Waals surface area contributed by atoms with Crippen LogP contribution in [-0.4, -0.2) is 5.16 Å². The second-order valence-corrected chi connectivity index (χ2v) is 5.74. The molecular weight excluding hydrogens is 266 g/mol. The van der Waals surface area contributed by atoms with Crippen LogP contribution in [0.25, 0.3) is 11.3 Å². The van der Waals surface area contributed by atoms with Gasteiger partial charge in [-0.05, 0) is 37.0 Å². The van der Waals surface area contributed by atoms with Gasteiger partial charge in [0.2, 0.25) is 0 Å². The Balaban J connectivity index is 2.06. The Bertz CT molecular complexity index is 583. The van der Waals surface area contributed by atoms with Crippen molar-refractivity contribution < 1.29 is 4.52 Å². The molecule has 2 nitrogen and oxygen atoms in total. The molecule has 0 aliphatic heterocycles. The molecular formula is C13H10BrNO. The van der Waals surface area contributed by atoms with Crippen molar-refractivity contribution in [2.45, 2.75) is 24.7 Å². The molecule has 1 aromatic heterocycles. The molecule has 80 valence electrons. The van der Waals surface area contributed by atoms with Crippen LogP contribution in [0.1, 0.15) is 24.0 Å². The fourth-order valence-electron chi connectivity index (χ4n) is 2.83. The maximum Gasteiger partial charge on any atom is 0.170 e. The summed E-state index contributed by atoms with van der Waals surface area (Å²) in [5.74, 6) is 0.967. The summed E-state index contributed by atoms with van der Waals surface area (Å²) < 4.78 is 6.49. The Kier molecular flexibility index (Phi) is 1.56. The molecule has 2 aliphatic rings. The Morgan fingerprint density at radius 1 is 1.31 bits per heavy atom. The highest BCUT2D eigenvalue weighted by atomic mass is 79.9. The van der Waals surface area contributed by atoms with Gasteiger partial charge in [0.25, 0.3) is 0 Å². The van der Waals surface area contributed by atoms with Crippen LogP contribution in [0.5, 0.6) is 0 Å². The zero-order chi connectivity index (χ0) is 10.8. The highest BCUT2D eigenvalue weighted by Gasteiger charge is 2.49. The summed E-state index contributed by atoms with van der Waals surface area (Å²) in [6, 6.07) is 6.51. The highest BCUT2D eigenvalue weighted by molar-refractivity contribution is 9.10. The monoisotopic (exact) mass is 275 g/mol. The third-order valence-electron chi connectivity index (χ3n) is 3.82. The Labute approximate surface area is 102 Å². The van der Waals surface area contributed by atoms with Gasteiger partial charge in [0.05, 0.1) is 6.20 Å². The van der Waals surface area contributed by atoms with Crippen LogP contribution < -0.4 is 0 Å². The Morgan fingerprint density at radius 3 is 3.00 bits per heavy atom. The molecule has 1 fully saturated rings. The molecule has 0 atom stereocenters. The summed E-state index contributed by atoms with van der Waals surface area (Å²) in [6.45, 7) is 0.